The molecule has 0 saturated carbocycles. The van der Waals surface area contributed by atoms with Gasteiger partial charge in [-0.05, 0) is 55.7 Å². The van der Waals surface area contributed by atoms with Gasteiger partial charge < -0.3 is 25.4 Å². The molecule has 0 aliphatic carbocycles. The number of ether oxygens (including phenoxy) is 2. The molecule has 7 nitrogen and oxygen atoms in total. The molecule has 3 N–H and O–H groups in total. The van der Waals surface area contributed by atoms with Gasteiger partial charge in [0.2, 0.25) is 5.91 Å². The fourth-order valence-electron chi connectivity index (χ4n) is 3.25. The van der Waals surface area contributed by atoms with Crippen LogP contribution in [0.25, 0.3) is 0 Å². The molecule has 0 bridgehead atoms. The van der Waals surface area contributed by atoms with Crippen molar-refractivity contribution in [3.05, 3.63) is 54.1 Å². The van der Waals surface area contributed by atoms with Crippen molar-refractivity contribution < 1.29 is 19.1 Å². The summed E-state index contributed by atoms with van der Waals surface area (Å²) in [7, 11) is 0. The Morgan fingerprint density at radius 1 is 1.13 bits per heavy atom. The van der Waals surface area contributed by atoms with Gasteiger partial charge >= 0.3 is 0 Å². The molecule has 1 fully saturated rings. The molecule has 1 aliphatic rings. The molecule has 1 aliphatic heterocycles. The molecule has 1 heterocycles. The highest BCUT2D eigenvalue weighted by Gasteiger charge is 2.16. The fourth-order valence-corrected chi connectivity index (χ4v) is 3.25. The molecule has 1 saturated heterocycles. The van der Waals surface area contributed by atoms with E-state index < -0.39 is 0 Å². The molecule has 2 aromatic rings. The first-order valence-electron chi connectivity index (χ1n) is 10.9. The molecular formula is C24H31N3O4. The maximum atomic E-state index is 12.3. The monoisotopic (exact) mass is 425 g/mol. The highest BCUT2D eigenvalue weighted by Crippen LogP contribution is 2.24. The smallest absolute Gasteiger partial charge is 0.251 e. The largest absolute Gasteiger partial charge is 0.491 e. The average Bonchev–Trinajstić information content (AvgIpc) is 3.31. The van der Waals surface area contributed by atoms with Crippen LogP contribution in [0, 0.1) is 0 Å². The van der Waals surface area contributed by atoms with Crippen LogP contribution in [0.2, 0.25) is 0 Å². The summed E-state index contributed by atoms with van der Waals surface area (Å²) < 4.78 is 11.3. The number of benzene rings is 2. The molecule has 1 atom stereocenters. The number of hydrogen-bond acceptors (Lipinski definition) is 5. The van der Waals surface area contributed by atoms with Gasteiger partial charge in [-0.1, -0.05) is 25.5 Å². The second kappa shape index (κ2) is 12.0. The van der Waals surface area contributed by atoms with Crippen molar-refractivity contribution in [3.63, 3.8) is 0 Å². The van der Waals surface area contributed by atoms with Crippen LogP contribution in [0.3, 0.4) is 0 Å². The van der Waals surface area contributed by atoms with Crippen LogP contribution in [0.4, 0.5) is 11.4 Å². The number of amides is 2. The van der Waals surface area contributed by atoms with Gasteiger partial charge in [-0.3, -0.25) is 9.59 Å². The Morgan fingerprint density at radius 3 is 2.68 bits per heavy atom. The number of carbonyl (C=O) groups excluding carboxylic acids is 2. The van der Waals surface area contributed by atoms with Crippen LogP contribution in [0.15, 0.2) is 48.5 Å². The van der Waals surface area contributed by atoms with Crippen LogP contribution in [0.5, 0.6) is 5.75 Å². The molecule has 0 radical (unpaired) electrons. The van der Waals surface area contributed by atoms with Crippen LogP contribution >= 0.6 is 0 Å². The molecule has 2 aromatic carbocycles. The second-order valence-corrected chi connectivity index (χ2v) is 7.52. The average molecular weight is 426 g/mol. The van der Waals surface area contributed by atoms with E-state index in [9.17, 15) is 9.59 Å². The van der Waals surface area contributed by atoms with E-state index in [0.717, 1.165) is 38.0 Å². The Hall–Kier alpha value is -3.06. The standard InChI is InChI=1S/C24H31N3O4/c1-2-3-14-31-22-9-5-4-8-21(22)27-23(28)17-25-19-12-10-18(11-13-19)24(29)26-16-20-7-6-15-30-20/h4-5,8-13,20,25H,2-3,6-7,14-17H2,1H3,(H,26,29)(H,27,28). The Balaban J connectivity index is 1.44. The minimum absolute atomic E-state index is 0.105. The maximum absolute atomic E-state index is 12.3. The number of nitrogens with one attached hydrogen (secondary N) is 3. The first-order chi connectivity index (χ1) is 15.2. The van der Waals surface area contributed by atoms with Gasteiger partial charge in [0.1, 0.15) is 5.75 Å². The predicted molar refractivity (Wildman–Crippen MR) is 122 cm³/mol. The fraction of sp³-hybridized carbons (Fsp3) is 0.417. The van der Waals surface area contributed by atoms with Crippen molar-refractivity contribution in [1.29, 1.82) is 0 Å². The third-order valence-electron chi connectivity index (χ3n) is 5.03. The first-order valence-corrected chi connectivity index (χ1v) is 10.9. The van der Waals surface area contributed by atoms with Gasteiger partial charge in [-0.15, -0.1) is 0 Å². The summed E-state index contributed by atoms with van der Waals surface area (Å²) in [6.07, 6.45) is 4.16. The zero-order valence-electron chi connectivity index (χ0n) is 18.0. The number of para-hydroxylation sites is 2. The van der Waals surface area contributed by atoms with Gasteiger partial charge in [0.25, 0.3) is 5.91 Å². The zero-order chi connectivity index (χ0) is 21.9. The highest BCUT2D eigenvalue weighted by molar-refractivity contribution is 5.96. The minimum Gasteiger partial charge on any atom is -0.491 e. The number of carbonyl (C=O) groups is 2. The van der Waals surface area contributed by atoms with E-state index in [4.69, 9.17) is 9.47 Å². The van der Waals surface area contributed by atoms with Crippen LogP contribution in [0.1, 0.15) is 43.0 Å². The van der Waals surface area contributed by atoms with E-state index in [1.165, 1.54) is 0 Å². The first kappa shape index (κ1) is 22.6. The number of anilines is 2. The molecule has 31 heavy (non-hydrogen) atoms. The predicted octanol–water partition coefficient (Wildman–Crippen LogP) is 3.82. The van der Waals surface area contributed by atoms with Crippen LogP contribution < -0.4 is 20.7 Å². The number of hydrogen-bond donors (Lipinski definition) is 3. The Bertz CT molecular complexity index is 848. The third-order valence-corrected chi connectivity index (χ3v) is 5.03. The molecule has 1 unspecified atom stereocenters. The second-order valence-electron chi connectivity index (χ2n) is 7.52. The normalized spacial score (nSPS) is 15.3. The van der Waals surface area contributed by atoms with Crippen molar-refractivity contribution in [2.45, 2.75) is 38.7 Å². The van der Waals surface area contributed by atoms with Gasteiger partial charge in [0, 0.05) is 24.4 Å². The van der Waals surface area contributed by atoms with Crippen molar-refractivity contribution in [3.8, 4) is 5.75 Å². The number of rotatable bonds is 11. The summed E-state index contributed by atoms with van der Waals surface area (Å²) in [4.78, 5) is 24.6. The summed E-state index contributed by atoms with van der Waals surface area (Å²) in [6, 6.07) is 14.5. The van der Waals surface area contributed by atoms with Crippen molar-refractivity contribution >= 4 is 23.2 Å². The van der Waals surface area contributed by atoms with Crippen molar-refractivity contribution in [2.24, 2.45) is 0 Å². The molecule has 166 valence electrons. The van der Waals surface area contributed by atoms with Gasteiger partial charge in [-0.2, -0.15) is 0 Å². The lowest BCUT2D eigenvalue weighted by atomic mass is 10.2. The molecule has 0 aromatic heterocycles. The molecular weight excluding hydrogens is 394 g/mol. The number of unbranched alkanes of at least 4 members (excludes halogenated alkanes) is 1. The zero-order valence-corrected chi connectivity index (χ0v) is 18.0. The Labute approximate surface area is 183 Å². The topological polar surface area (TPSA) is 88.7 Å². The van der Waals surface area contributed by atoms with Gasteiger partial charge in [0.15, 0.2) is 0 Å². The highest BCUT2D eigenvalue weighted by atomic mass is 16.5. The molecule has 2 amide bonds. The minimum atomic E-state index is -0.176. The summed E-state index contributed by atoms with van der Waals surface area (Å²) in [6.45, 7) is 4.13. The molecule has 3 rings (SSSR count). The van der Waals surface area contributed by atoms with E-state index in [-0.39, 0.29) is 24.5 Å². The summed E-state index contributed by atoms with van der Waals surface area (Å²) in [5.41, 5.74) is 1.99. The Morgan fingerprint density at radius 2 is 1.94 bits per heavy atom. The molecule has 7 heteroatoms. The van der Waals surface area contributed by atoms with E-state index in [1.54, 1.807) is 24.3 Å². The van der Waals surface area contributed by atoms with Crippen molar-refractivity contribution in [1.82, 2.24) is 5.32 Å². The van der Waals surface area contributed by atoms with Crippen LogP contribution in [-0.2, 0) is 9.53 Å². The summed E-state index contributed by atoms with van der Waals surface area (Å²) in [5.74, 6) is 0.368. The van der Waals surface area contributed by atoms with E-state index in [0.29, 0.717) is 30.2 Å². The Kier molecular flexibility index (Phi) is 8.72. The lowest BCUT2D eigenvalue weighted by Gasteiger charge is -2.13. The quantitative estimate of drug-likeness (QED) is 0.476. The van der Waals surface area contributed by atoms with Crippen molar-refractivity contribution in [2.75, 3.05) is 36.9 Å². The van der Waals surface area contributed by atoms with E-state index >= 15 is 0 Å². The lowest BCUT2D eigenvalue weighted by molar-refractivity contribution is -0.114. The maximum Gasteiger partial charge on any atom is 0.251 e. The van der Waals surface area contributed by atoms with Gasteiger partial charge in [0.05, 0.1) is 24.9 Å². The summed E-state index contributed by atoms with van der Waals surface area (Å²) in [5, 5.41) is 8.85. The SMILES string of the molecule is CCCCOc1ccccc1NC(=O)CNc1ccc(C(=O)NCC2CCCO2)cc1. The molecule has 0 spiro atoms. The van der Waals surface area contributed by atoms with Crippen LogP contribution in [-0.4, -0.2) is 44.2 Å². The lowest BCUT2D eigenvalue weighted by Crippen LogP contribution is -2.31. The third kappa shape index (κ3) is 7.29. The summed E-state index contributed by atoms with van der Waals surface area (Å²) >= 11 is 0. The van der Waals surface area contributed by atoms with E-state index in [2.05, 4.69) is 22.9 Å². The van der Waals surface area contributed by atoms with E-state index in [1.807, 2.05) is 24.3 Å². The van der Waals surface area contributed by atoms with Gasteiger partial charge in [-0.25, -0.2) is 0 Å².